The van der Waals surface area contributed by atoms with Crippen LogP contribution in [0.3, 0.4) is 0 Å². The van der Waals surface area contributed by atoms with Gasteiger partial charge in [0.05, 0.1) is 17.6 Å². The van der Waals surface area contributed by atoms with Gasteiger partial charge in [0, 0.05) is 6.07 Å². The lowest BCUT2D eigenvalue weighted by atomic mass is 10.3. The van der Waals surface area contributed by atoms with Crippen molar-refractivity contribution in [3.8, 4) is 5.75 Å². The first kappa shape index (κ1) is 14.5. The molecule has 1 atom stereocenters. The smallest absolute Gasteiger partial charge is 0.273 e. The number of nitrogens with zero attached hydrogens (tertiary/aromatic N) is 1. The molecule has 20 heavy (non-hydrogen) atoms. The Kier molecular flexibility index (Phi) is 4.36. The third-order valence-corrected chi connectivity index (χ3v) is 2.76. The van der Waals surface area contributed by atoms with Crippen molar-refractivity contribution in [2.45, 2.75) is 25.7 Å². The molecule has 0 unspecified atom stereocenters. The molecule has 2 rings (SSSR count). The van der Waals surface area contributed by atoms with Gasteiger partial charge in [0.2, 0.25) is 0 Å². The van der Waals surface area contributed by atoms with E-state index in [1.807, 2.05) is 26.0 Å². The van der Waals surface area contributed by atoms with Crippen LogP contribution in [0.2, 0.25) is 0 Å². The van der Waals surface area contributed by atoms with Gasteiger partial charge in [0.15, 0.2) is 5.79 Å². The van der Waals surface area contributed by atoms with E-state index < -0.39 is 10.7 Å². The maximum Gasteiger partial charge on any atom is 0.273 e. The number of rotatable bonds is 5. The van der Waals surface area contributed by atoms with E-state index in [-0.39, 0.29) is 11.8 Å². The molecule has 1 fully saturated rings. The Morgan fingerprint density at radius 3 is 3.00 bits per heavy atom. The standard InChI is InChI=1S/C14H17NO5/c1-14(2)19-10-13(20-14)7-4-8-18-12-6-3-5-11(9-12)15(16)17/h3-7,9,13H,8,10H2,1-2H3/b7-4+/t13-/m0/s1. The van der Waals surface area contributed by atoms with E-state index in [0.29, 0.717) is 19.0 Å². The SMILES string of the molecule is CC1(C)OC[C@H](/C=C/COc2cccc([N+](=O)[O-])c2)O1. The predicted octanol–water partition coefficient (Wildman–Crippen LogP) is 2.68. The summed E-state index contributed by atoms with van der Waals surface area (Å²) in [7, 11) is 0. The van der Waals surface area contributed by atoms with Gasteiger partial charge in [-0.3, -0.25) is 10.1 Å². The summed E-state index contributed by atoms with van der Waals surface area (Å²) < 4.78 is 16.4. The Hall–Kier alpha value is -1.92. The fourth-order valence-electron chi connectivity index (χ4n) is 1.85. The van der Waals surface area contributed by atoms with Crippen LogP contribution in [0.1, 0.15) is 13.8 Å². The van der Waals surface area contributed by atoms with Crippen molar-refractivity contribution in [2.24, 2.45) is 0 Å². The highest BCUT2D eigenvalue weighted by Crippen LogP contribution is 2.23. The number of hydrogen-bond acceptors (Lipinski definition) is 5. The number of nitro groups is 1. The first-order valence-corrected chi connectivity index (χ1v) is 6.32. The highest BCUT2D eigenvalue weighted by molar-refractivity contribution is 5.37. The molecule has 1 saturated heterocycles. The Labute approximate surface area is 117 Å². The molecular formula is C14H17NO5. The summed E-state index contributed by atoms with van der Waals surface area (Å²) >= 11 is 0. The molecule has 1 aromatic carbocycles. The Morgan fingerprint density at radius 1 is 1.55 bits per heavy atom. The lowest BCUT2D eigenvalue weighted by Gasteiger charge is -2.15. The lowest BCUT2D eigenvalue weighted by molar-refractivity contribution is -0.384. The van der Waals surface area contributed by atoms with Gasteiger partial charge in [-0.2, -0.15) is 0 Å². The van der Waals surface area contributed by atoms with Gasteiger partial charge in [-0.05, 0) is 26.0 Å². The van der Waals surface area contributed by atoms with Crippen molar-refractivity contribution in [1.29, 1.82) is 0 Å². The second kappa shape index (κ2) is 6.02. The van der Waals surface area contributed by atoms with Crippen molar-refractivity contribution in [3.05, 3.63) is 46.5 Å². The number of ether oxygens (including phenoxy) is 3. The zero-order chi connectivity index (χ0) is 14.6. The van der Waals surface area contributed by atoms with Crippen LogP contribution < -0.4 is 4.74 Å². The Bertz CT molecular complexity index is 512. The molecule has 1 aromatic rings. The molecule has 1 heterocycles. The van der Waals surface area contributed by atoms with Crippen molar-refractivity contribution in [2.75, 3.05) is 13.2 Å². The van der Waals surface area contributed by atoms with Gasteiger partial charge >= 0.3 is 0 Å². The van der Waals surface area contributed by atoms with Crippen molar-refractivity contribution >= 4 is 5.69 Å². The molecular weight excluding hydrogens is 262 g/mol. The molecule has 0 aliphatic carbocycles. The fourth-order valence-corrected chi connectivity index (χ4v) is 1.85. The lowest BCUT2D eigenvalue weighted by Crippen LogP contribution is -2.20. The third-order valence-electron chi connectivity index (χ3n) is 2.76. The summed E-state index contributed by atoms with van der Waals surface area (Å²) in [6, 6.07) is 6.09. The maximum atomic E-state index is 10.6. The van der Waals surface area contributed by atoms with E-state index in [1.54, 1.807) is 12.1 Å². The van der Waals surface area contributed by atoms with Gasteiger partial charge in [0.1, 0.15) is 18.5 Å². The Morgan fingerprint density at radius 2 is 2.35 bits per heavy atom. The van der Waals surface area contributed by atoms with Crippen LogP contribution in [-0.2, 0) is 9.47 Å². The van der Waals surface area contributed by atoms with Crippen LogP contribution in [0.15, 0.2) is 36.4 Å². The first-order valence-electron chi connectivity index (χ1n) is 6.32. The van der Waals surface area contributed by atoms with Crippen LogP contribution in [0, 0.1) is 10.1 Å². The molecule has 0 amide bonds. The van der Waals surface area contributed by atoms with Gasteiger partial charge in [0.25, 0.3) is 5.69 Å². The minimum atomic E-state index is -0.546. The van der Waals surface area contributed by atoms with E-state index in [9.17, 15) is 10.1 Å². The molecule has 0 N–H and O–H groups in total. The van der Waals surface area contributed by atoms with Gasteiger partial charge < -0.3 is 14.2 Å². The summed E-state index contributed by atoms with van der Waals surface area (Å²) in [5.41, 5.74) is 0.0146. The Balaban J connectivity index is 1.81. The number of non-ortho nitro benzene ring substituents is 1. The molecule has 0 aromatic heterocycles. The molecule has 1 aliphatic heterocycles. The average Bonchev–Trinajstić information content (AvgIpc) is 2.75. The summed E-state index contributed by atoms with van der Waals surface area (Å²) in [5.74, 6) is -0.0802. The zero-order valence-corrected chi connectivity index (χ0v) is 11.4. The summed E-state index contributed by atoms with van der Waals surface area (Å²) in [5, 5.41) is 10.6. The fraction of sp³-hybridized carbons (Fsp3) is 0.429. The van der Waals surface area contributed by atoms with Crippen LogP contribution in [0.5, 0.6) is 5.75 Å². The van der Waals surface area contributed by atoms with Crippen LogP contribution in [-0.4, -0.2) is 30.0 Å². The number of hydrogen-bond donors (Lipinski definition) is 0. The second-order valence-corrected chi connectivity index (χ2v) is 4.86. The first-order chi connectivity index (χ1) is 9.46. The van der Waals surface area contributed by atoms with Crippen LogP contribution in [0.4, 0.5) is 5.69 Å². The quantitative estimate of drug-likeness (QED) is 0.471. The molecule has 0 radical (unpaired) electrons. The largest absolute Gasteiger partial charge is 0.489 e. The zero-order valence-electron chi connectivity index (χ0n) is 11.4. The molecule has 6 heteroatoms. The van der Waals surface area contributed by atoms with Crippen LogP contribution in [0.25, 0.3) is 0 Å². The van der Waals surface area contributed by atoms with E-state index in [2.05, 4.69) is 0 Å². The van der Waals surface area contributed by atoms with Gasteiger partial charge in [-0.25, -0.2) is 0 Å². The molecule has 1 aliphatic rings. The molecule has 108 valence electrons. The average molecular weight is 279 g/mol. The summed E-state index contributed by atoms with van der Waals surface area (Å²) in [6.07, 6.45) is 3.60. The van der Waals surface area contributed by atoms with Crippen molar-refractivity contribution < 1.29 is 19.1 Å². The van der Waals surface area contributed by atoms with Crippen molar-refractivity contribution in [3.63, 3.8) is 0 Å². The minimum absolute atomic E-state index is 0.0146. The predicted molar refractivity (Wildman–Crippen MR) is 72.6 cm³/mol. The van der Waals surface area contributed by atoms with E-state index in [0.717, 1.165) is 0 Å². The molecule has 0 saturated carbocycles. The topological polar surface area (TPSA) is 70.8 Å². The maximum absolute atomic E-state index is 10.6. The molecule has 6 nitrogen and oxygen atoms in total. The molecule has 0 spiro atoms. The normalized spacial score (nSPS) is 21.2. The summed E-state index contributed by atoms with van der Waals surface area (Å²) in [4.78, 5) is 10.2. The highest BCUT2D eigenvalue weighted by Gasteiger charge is 2.30. The van der Waals surface area contributed by atoms with Gasteiger partial charge in [-0.15, -0.1) is 0 Å². The minimum Gasteiger partial charge on any atom is -0.489 e. The van der Waals surface area contributed by atoms with Crippen LogP contribution >= 0.6 is 0 Å². The van der Waals surface area contributed by atoms with Gasteiger partial charge in [-0.1, -0.05) is 12.1 Å². The number of nitro benzene ring substituents is 1. The third kappa shape index (κ3) is 4.04. The molecule has 0 bridgehead atoms. The van der Waals surface area contributed by atoms with E-state index >= 15 is 0 Å². The van der Waals surface area contributed by atoms with Crippen molar-refractivity contribution in [1.82, 2.24) is 0 Å². The monoisotopic (exact) mass is 279 g/mol. The second-order valence-electron chi connectivity index (χ2n) is 4.86. The van der Waals surface area contributed by atoms with E-state index in [1.165, 1.54) is 12.1 Å². The number of benzene rings is 1. The van der Waals surface area contributed by atoms with E-state index in [4.69, 9.17) is 14.2 Å². The highest BCUT2D eigenvalue weighted by atomic mass is 16.7. The summed E-state index contributed by atoms with van der Waals surface area (Å²) in [6.45, 7) is 4.56.